The first-order valence-corrected chi connectivity index (χ1v) is 7.89. The third kappa shape index (κ3) is 4.36. The van der Waals surface area contributed by atoms with Gasteiger partial charge >= 0.3 is 0 Å². The van der Waals surface area contributed by atoms with E-state index in [1.165, 1.54) is 5.56 Å². The first kappa shape index (κ1) is 15.1. The maximum absolute atomic E-state index is 13.0. The van der Waals surface area contributed by atoms with E-state index in [1.807, 2.05) is 30.5 Å². The standard InChI is InChI=1S/C18H22FN3/c19-17-7-5-16(6-8-17)14-21-10-3-11-22(13-12-21)15-18-4-1-2-9-20-18/h1-2,4-9H,3,10-15H2. The van der Waals surface area contributed by atoms with Crippen LogP contribution in [0.15, 0.2) is 48.7 Å². The molecule has 4 heteroatoms. The van der Waals surface area contributed by atoms with Crippen LogP contribution in [0.4, 0.5) is 4.39 Å². The molecule has 1 aromatic heterocycles. The molecule has 0 bridgehead atoms. The summed E-state index contributed by atoms with van der Waals surface area (Å²) in [6, 6.07) is 12.9. The van der Waals surface area contributed by atoms with Gasteiger partial charge in [0.05, 0.1) is 5.69 Å². The molecule has 0 saturated carbocycles. The molecule has 0 spiro atoms. The molecule has 0 aliphatic carbocycles. The quantitative estimate of drug-likeness (QED) is 0.865. The molecule has 1 aromatic carbocycles. The van der Waals surface area contributed by atoms with Crippen LogP contribution in [0.1, 0.15) is 17.7 Å². The molecule has 1 fully saturated rings. The van der Waals surface area contributed by atoms with Gasteiger partial charge in [0.2, 0.25) is 0 Å². The fourth-order valence-corrected chi connectivity index (χ4v) is 2.91. The van der Waals surface area contributed by atoms with E-state index < -0.39 is 0 Å². The molecule has 0 atom stereocenters. The van der Waals surface area contributed by atoms with Gasteiger partial charge in [-0.25, -0.2) is 4.39 Å². The molecule has 1 aliphatic rings. The smallest absolute Gasteiger partial charge is 0.123 e. The highest BCUT2D eigenvalue weighted by atomic mass is 19.1. The van der Waals surface area contributed by atoms with E-state index >= 15 is 0 Å². The molecular formula is C18H22FN3. The van der Waals surface area contributed by atoms with E-state index in [0.717, 1.165) is 51.4 Å². The normalized spacial score (nSPS) is 17.3. The first-order valence-electron chi connectivity index (χ1n) is 7.89. The molecule has 0 radical (unpaired) electrons. The average Bonchev–Trinajstić information content (AvgIpc) is 2.76. The third-order valence-corrected chi connectivity index (χ3v) is 4.11. The Bertz CT molecular complexity index is 571. The molecule has 1 aliphatic heterocycles. The number of nitrogens with zero attached hydrogens (tertiary/aromatic N) is 3. The monoisotopic (exact) mass is 299 g/mol. The van der Waals surface area contributed by atoms with E-state index in [1.54, 1.807) is 12.1 Å². The lowest BCUT2D eigenvalue weighted by molar-refractivity contribution is 0.245. The van der Waals surface area contributed by atoms with Gasteiger partial charge in [0, 0.05) is 32.4 Å². The van der Waals surface area contributed by atoms with Crippen molar-refractivity contribution in [2.45, 2.75) is 19.5 Å². The van der Waals surface area contributed by atoms with Crippen molar-refractivity contribution in [1.82, 2.24) is 14.8 Å². The van der Waals surface area contributed by atoms with Gasteiger partial charge in [-0.15, -0.1) is 0 Å². The second kappa shape index (κ2) is 7.47. The van der Waals surface area contributed by atoms with Crippen molar-refractivity contribution in [2.24, 2.45) is 0 Å². The number of rotatable bonds is 4. The topological polar surface area (TPSA) is 19.4 Å². The van der Waals surface area contributed by atoms with Crippen LogP contribution < -0.4 is 0 Å². The SMILES string of the molecule is Fc1ccc(CN2CCCN(Cc3ccccn3)CC2)cc1. The number of hydrogen-bond acceptors (Lipinski definition) is 3. The Balaban J connectivity index is 1.52. The van der Waals surface area contributed by atoms with Gasteiger partial charge in [-0.05, 0) is 49.3 Å². The Morgan fingerprint density at radius 1 is 0.864 bits per heavy atom. The minimum atomic E-state index is -0.166. The van der Waals surface area contributed by atoms with Crippen molar-refractivity contribution in [1.29, 1.82) is 0 Å². The summed E-state index contributed by atoms with van der Waals surface area (Å²) in [7, 11) is 0. The number of benzene rings is 1. The molecule has 0 amide bonds. The molecule has 1 saturated heterocycles. The largest absolute Gasteiger partial charge is 0.298 e. The number of pyridine rings is 1. The van der Waals surface area contributed by atoms with Crippen molar-refractivity contribution in [3.8, 4) is 0 Å². The second-order valence-electron chi connectivity index (χ2n) is 5.85. The summed E-state index contributed by atoms with van der Waals surface area (Å²) in [6.07, 6.45) is 3.02. The van der Waals surface area contributed by atoms with Crippen LogP contribution in [0, 0.1) is 5.82 Å². The summed E-state index contributed by atoms with van der Waals surface area (Å²) < 4.78 is 13.0. The summed E-state index contributed by atoms with van der Waals surface area (Å²) in [4.78, 5) is 9.32. The summed E-state index contributed by atoms with van der Waals surface area (Å²) in [6.45, 7) is 6.12. The zero-order valence-corrected chi connectivity index (χ0v) is 12.8. The van der Waals surface area contributed by atoms with Crippen LogP contribution in [0.5, 0.6) is 0 Å². The zero-order valence-electron chi connectivity index (χ0n) is 12.8. The van der Waals surface area contributed by atoms with Crippen molar-refractivity contribution in [3.63, 3.8) is 0 Å². The van der Waals surface area contributed by atoms with Crippen LogP contribution in [0.25, 0.3) is 0 Å². The fraction of sp³-hybridized carbons (Fsp3) is 0.389. The van der Waals surface area contributed by atoms with Gasteiger partial charge in [-0.1, -0.05) is 18.2 Å². The molecule has 116 valence electrons. The van der Waals surface area contributed by atoms with E-state index in [9.17, 15) is 4.39 Å². The van der Waals surface area contributed by atoms with Crippen LogP contribution in [0.3, 0.4) is 0 Å². The van der Waals surface area contributed by atoms with Gasteiger partial charge in [-0.3, -0.25) is 14.8 Å². The molecule has 0 unspecified atom stereocenters. The Morgan fingerprint density at radius 2 is 1.59 bits per heavy atom. The number of aromatic nitrogens is 1. The lowest BCUT2D eigenvalue weighted by Gasteiger charge is -2.21. The molecular weight excluding hydrogens is 277 g/mol. The van der Waals surface area contributed by atoms with Crippen LogP contribution in [0.2, 0.25) is 0 Å². The van der Waals surface area contributed by atoms with Gasteiger partial charge < -0.3 is 0 Å². The number of hydrogen-bond donors (Lipinski definition) is 0. The van der Waals surface area contributed by atoms with Crippen molar-refractivity contribution >= 4 is 0 Å². The molecule has 3 rings (SSSR count). The predicted octanol–water partition coefficient (Wildman–Crippen LogP) is 2.93. The first-order chi connectivity index (χ1) is 10.8. The molecule has 22 heavy (non-hydrogen) atoms. The van der Waals surface area contributed by atoms with Gasteiger partial charge in [-0.2, -0.15) is 0 Å². The van der Waals surface area contributed by atoms with Crippen LogP contribution in [-0.2, 0) is 13.1 Å². The highest BCUT2D eigenvalue weighted by Crippen LogP contribution is 2.11. The van der Waals surface area contributed by atoms with E-state index in [0.29, 0.717) is 0 Å². The Morgan fingerprint density at radius 3 is 2.27 bits per heavy atom. The van der Waals surface area contributed by atoms with E-state index in [-0.39, 0.29) is 5.82 Å². The lowest BCUT2D eigenvalue weighted by Crippen LogP contribution is -2.30. The Kier molecular flexibility index (Phi) is 5.14. The lowest BCUT2D eigenvalue weighted by atomic mass is 10.2. The minimum Gasteiger partial charge on any atom is -0.298 e. The third-order valence-electron chi connectivity index (χ3n) is 4.11. The molecule has 3 nitrogen and oxygen atoms in total. The van der Waals surface area contributed by atoms with Crippen LogP contribution in [-0.4, -0.2) is 41.0 Å². The number of halogens is 1. The molecule has 2 aromatic rings. The van der Waals surface area contributed by atoms with E-state index in [2.05, 4.69) is 20.9 Å². The van der Waals surface area contributed by atoms with Crippen molar-refractivity contribution in [3.05, 3.63) is 65.7 Å². The van der Waals surface area contributed by atoms with Gasteiger partial charge in [0.25, 0.3) is 0 Å². The second-order valence-corrected chi connectivity index (χ2v) is 5.85. The fourth-order valence-electron chi connectivity index (χ4n) is 2.91. The Hall–Kier alpha value is -1.78. The molecule has 0 N–H and O–H groups in total. The summed E-state index contributed by atoms with van der Waals surface area (Å²) >= 11 is 0. The average molecular weight is 299 g/mol. The Labute approximate surface area is 131 Å². The van der Waals surface area contributed by atoms with Gasteiger partial charge in [0.1, 0.15) is 5.82 Å². The van der Waals surface area contributed by atoms with Crippen molar-refractivity contribution < 1.29 is 4.39 Å². The maximum atomic E-state index is 13.0. The summed E-state index contributed by atoms with van der Waals surface area (Å²) in [5, 5.41) is 0. The highest BCUT2D eigenvalue weighted by molar-refractivity contribution is 5.15. The summed E-state index contributed by atoms with van der Waals surface area (Å²) in [5.41, 5.74) is 2.31. The minimum absolute atomic E-state index is 0.166. The van der Waals surface area contributed by atoms with Gasteiger partial charge in [0.15, 0.2) is 0 Å². The maximum Gasteiger partial charge on any atom is 0.123 e. The van der Waals surface area contributed by atoms with E-state index in [4.69, 9.17) is 0 Å². The van der Waals surface area contributed by atoms with Crippen molar-refractivity contribution in [2.75, 3.05) is 26.2 Å². The molecule has 2 heterocycles. The zero-order chi connectivity index (χ0) is 15.2. The predicted molar refractivity (Wildman–Crippen MR) is 85.8 cm³/mol. The highest BCUT2D eigenvalue weighted by Gasteiger charge is 2.15. The summed E-state index contributed by atoms with van der Waals surface area (Å²) in [5.74, 6) is -0.166. The van der Waals surface area contributed by atoms with Crippen LogP contribution >= 0.6 is 0 Å².